The van der Waals surface area contributed by atoms with Crippen LogP contribution in [0.25, 0.3) is 0 Å². The molecule has 4 rings (SSSR count). The molecule has 2 N–H and O–H groups in total. The summed E-state index contributed by atoms with van der Waals surface area (Å²) in [5.74, 6) is -0.269. The van der Waals surface area contributed by atoms with Crippen molar-refractivity contribution in [3.63, 3.8) is 0 Å². The zero-order valence-electron chi connectivity index (χ0n) is 17.0. The zero-order chi connectivity index (χ0) is 21.5. The van der Waals surface area contributed by atoms with Crippen molar-refractivity contribution in [2.24, 2.45) is 0 Å². The van der Waals surface area contributed by atoms with Crippen LogP contribution in [0, 0.1) is 0 Å². The number of fused-ring (bicyclic) bond motifs is 1. The van der Waals surface area contributed by atoms with Gasteiger partial charge in [-0.3, -0.25) is 9.59 Å². The molecule has 2 amide bonds. The van der Waals surface area contributed by atoms with Gasteiger partial charge in [-0.2, -0.15) is 0 Å². The molecule has 5 nitrogen and oxygen atoms in total. The molecule has 0 aliphatic carbocycles. The van der Waals surface area contributed by atoms with Crippen molar-refractivity contribution in [1.29, 1.82) is 0 Å². The van der Waals surface area contributed by atoms with E-state index in [1.807, 2.05) is 78.9 Å². The van der Waals surface area contributed by atoms with Gasteiger partial charge in [0.15, 0.2) is 0 Å². The van der Waals surface area contributed by atoms with E-state index in [0.717, 1.165) is 27.3 Å². The molecule has 158 valence electrons. The largest absolute Gasteiger partial charge is 0.372 e. The first kappa shape index (κ1) is 21.2. The van der Waals surface area contributed by atoms with Gasteiger partial charge < -0.3 is 15.4 Å². The van der Waals surface area contributed by atoms with Crippen LogP contribution >= 0.6 is 11.8 Å². The maximum Gasteiger partial charge on any atom is 0.238 e. The average Bonchev–Trinajstić information content (AvgIpc) is 2.79. The molecule has 0 saturated heterocycles. The lowest BCUT2D eigenvalue weighted by Gasteiger charge is -2.23. The third-order valence-electron chi connectivity index (χ3n) is 4.94. The Bertz CT molecular complexity index is 1060. The summed E-state index contributed by atoms with van der Waals surface area (Å²) >= 11 is 1.44. The predicted molar refractivity (Wildman–Crippen MR) is 123 cm³/mol. The molecule has 0 fully saturated rings. The van der Waals surface area contributed by atoms with Crippen molar-refractivity contribution in [3.8, 4) is 0 Å². The van der Waals surface area contributed by atoms with Crippen LogP contribution in [0.4, 0.5) is 5.69 Å². The number of nitrogens with one attached hydrogen (secondary N) is 2. The molecular formula is C25H24N2O3S. The number of para-hydroxylation sites is 1. The van der Waals surface area contributed by atoms with Gasteiger partial charge >= 0.3 is 0 Å². The first-order valence-corrected chi connectivity index (χ1v) is 11.1. The molecule has 0 radical (unpaired) electrons. The summed E-state index contributed by atoms with van der Waals surface area (Å²) in [5.41, 5.74) is 4.00. The highest BCUT2D eigenvalue weighted by Crippen LogP contribution is 2.36. The third-order valence-corrected chi connectivity index (χ3v) is 6.21. The van der Waals surface area contributed by atoms with E-state index in [1.165, 1.54) is 11.8 Å². The normalized spacial score (nSPS) is 15.1. The van der Waals surface area contributed by atoms with Crippen molar-refractivity contribution in [2.75, 3.05) is 5.32 Å². The molecule has 1 heterocycles. The highest BCUT2D eigenvalue weighted by molar-refractivity contribution is 8.01. The molecule has 6 heteroatoms. The lowest BCUT2D eigenvalue weighted by Crippen LogP contribution is -2.34. The SMILES string of the molecule is O=C(CC1Sc2ccccc2NC1=O)NCc1cccc(COCc2ccccc2)c1. The molecule has 1 unspecified atom stereocenters. The van der Waals surface area contributed by atoms with Gasteiger partial charge in [-0.1, -0.05) is 66.7 Å². The standard InChI is InChI=1S/C25H24N2O3S/c28-24(14-23-25(29)27-21-11-4-5-12-22(21)31-23)26-15-19-9-6-10-20(13-19)17-30-16-18-7-2-1-3-8-18/h1-13,23H,14-17H2,(H,26,28)(H,27,29). The highest BCUT2D eigenvalue weighted by atomic mass is 32.2. The van der Waals surface area contributed by atoms with E-state index in [4.69, 9.17) is 4.74 Å². The van der Waals surface area contributed by atoms with E-state index >= 15 is 0 Å². The van der Waals surface area contributed by atoms with Gasteiger partial charge in [0.25, 0.3) is 0 Å². The summed E-state index contributed by atoms with van der Waals surface area (Å²) in [5, 5.41) is 5.38. The minimum atomic E-state index is -0.423. The number of carbonyl (C=O) groups is 2. The summed E-state index contributed by atoms with van der Waals surface area (Å²) in [6.45, 7) is 1.49. The Labute approximate surface area is 186 Å². The second-order valence-corrected chi connectivity index (χ2v) is 8.62. The topological polar surface area (TPSA) is 67.4 Å². The molecule has 0 bridgehead atoms. The Hall–Kier alpha value is -3.09. The Balaban J connectivity index is 1.25. The van der Waals surface area contributed by atoms with Crippen LogP contribution in [0.3, 0.4) is 0 Å². The Morgan fingerprint density at radius 2 is 1.61 bits per heavy atom. The molecule has 0 spiro atoms. The monoisotopic (exact) mass is 432 g/mol. The fraction of sp³-hybridized carbons (Fsp3) is 0.200. The van der Waals surface area contributed by atoms with Crippen LogP contribution in [0.1, 0.15) is 23.1 Å². The van der Waals surface area contributed by atoms with Crippen LogP contribution in [-0.4, -0.2) is 17.1 Å². The fourth-order valence-electron chi connectivity index (χ4n) is 3.36. The second-order valence-electron chi connectivity index (χ2n) is 7.37. The Morgan fingerprint density at radius 1 is 0.903 bits per heavy atom. The number of rotatable bonds is 8. The summed E-state index contributed by atoms with van der Waals surface area (Å²) in [4.78, 5) is 25.7. The van der Waals surface area contributed by atoms with Crippen molar-refractivity contribution in [1.82, 2.24) is 5.32 Å². The summed E-state index contributed by atoms with van der Waals surface area (Å²) in [6, 6.07) is 25.7. The molecule has 3 aromatic carbocycles. The first-order valence-electron chi connectivity index (χ1n) is 10.2. The molecule has 0 saturated carbocycles. The van der Waals surface area contributed by atoms with Crippen molar-refractivity contribution in [2.45, 2.75) is 36.3 Å². The number of amides is 2. The Morgan fingerprint density at radius 3 is 2.48 bits per heavy atom. The maximum absolute atomic E-state index is 12.4. The quantitative estimate of drug-likeness (QED) is 0.549. The summed E-state index contributed by atoms with van der Waals surface area (Å²) < 4.78 is 5.79. The first-order chi connectivity index (χ1) is 15.2. The van der Waals surface area contributed by atoms with Gasteiger partial charge in [-0.25, -0.2) is 0 Å². The van der Waals surface area contributed by atoms with Gasteiger partial charge in [0.2, 0.25) is 11.8 Å². The van der Waals surface area contributed by atoms with Gasteiger partial charge in [-0.15, -0.1) is 11.8 Å². The second kappa shape index (κ2) is 10.3. The number of hydrogen-bond acceptors (Lipinski definition) is 4. The van der Waals surface area contributed by atoms with Crippen molar-refractivity contribution < 1.29 is 14.3 Å². The molecule has 1 aliphatic rings. The van der Waals surface area contributed by atoms with E-state index in [1.54, 1.807) is 0 Å². The number of thioether (sulfide) groups is 1. The van der Waals surface area contributed by atoms with Crippen LogP contribution < -0.4 is 10.6 Å². The van der Waals surface area contributed by atoms with Gasteiger partial charge in [0.05, 0.1) is 24.2 Å². The van der Waals surface area contributed by atoms with E-state index in [9.17, 15) is 9.59 Å². The van der Waals surface area contributed by atoms with Crippen LogP contribution in [-0.2, 0) is 34.1 Å². The Kier molecular flexibility index (Phi) is 7.02. The minimum Gasteiger partial charge on any atom is -0.372 e. The van der Waals surface area contributed by atoms with Crippen molar-refractivity contribution >= 4 is 29.3 Å². The summed E-state index contributed by atoms with van der Waals surface area (Å²) in [7, 11) is 0. The van der Waals surface area contributed by atoms with Gasteiger partial charge in [0.1, 0.15) is 0 Å². The fourth-order valence-corrected chi connectivity index (χ4v) is 4.47. The van der Waals surface area contributed by atoms with Crippen molar-refractivity contribution in [3.05, 3.63) is 95.6 Å². The van der Waals surface area contributed by atoms with E-state index in [2.05, 4.69) is 10.6 Å². The molecule has 1 aliphatic heterocycles. The number of ether oxygens (including phenoxy) is 1. The van der Waals surface area contributed by atoms with Crippen LogP contribution in [0.5, 0.6) is 0 Å². The number of benzene rings is 3. The number of carbonyl (C=O) groups excluding carboxylic acids is 2. The highest BCUT2D eigenvalue weighted by Gasteiger charge is 2.28. The lowest BCUT2D eigenvalue weighted by atomic mass is 10.1. The van der Waals surface area contributed by atoms with E-state index < -0.39 is 5.25 Å². The van der Waals surface area contributed by atoms with E-state index in [-0.39, 0.29) is 18.2 Å². The molecule has 1 atom stereocenters. The molecule has 3 aromatic rings. The maximum atomic E-state index is 12.4. The van der Waals surface area contributed by atoms with E-state index in [0.29, 0.717) is 19.8 Å². The number of anilines is 1. The van der Waals surface area contributed by atoms with Gasteiger partial charge in [-0.05, 0) is 28.8 Å². The van der Waals surface area contributed by atoms with Crippen LogP contribution in [0.15, 0.2) is 83.8 Å². The molecule has 0 aromatic heterocycles. The predicted octanol–water partition coefficient (Wildman–Crippen LogP) is 4.52. The average molecular weight is 433 g/mol. The lowest BCUT2D eigenvalue weighted by molar-refractivity contribution is -0.124. The van der Waals surface area contributed by atoms with Crippen LogP contribution in [0.2, 0.25) is 0 Å². The zero-order valence-corrected chi connectivity index (χ0v) is 17.9. The molecular weight excluding hydrogens is 408 g/mol. The smallest absolute Gasteiger partial charge is 0.238 e. The number of hydrogen-bond donors (Lipinski definition) is 2. The minimum absolute atomic E-state index is 0.128. The van der Waals surface area contributed by atoms with Gasteiger partial charge in [0, 0.05) is 17.9 Å². The summed E-state index contributed by atoms with van der Waals surface area (Å²) in [6.07, 6.45) is 0.144. The third kappa shape index (κ3) is 5.96. The molecule has 31 heavy (non-hydrogen) atoms.